The van der Waals surface area contributed by atoms with Crippen LogP contribution in [0.4, 0.5) is 0 Å². The number of ketones is 1. The quantitative estimate of drug-likeness (QED) is 0.597. The zero-order valence-corrected chi connectivity index (χ0v) is 8.91. The van der Waals surface area contributed by atoms with Gasteiger partial charge in [-0.3, -0.25) is 4.79 Å². The van der Waals surface area contributed by atoms with E-state index in [2.05, 4.69) is 22.6 Å². The number of benzene rings is 1. The van der Waals surface area contributed by atoms with Gasteiger partial charge in [-0.1, -0.05) is 30.3 Å². The maximum Gasteiger partial charge on any atom is 0.153 e. The highest BCUT2D eigenvalue weighted by molar-refractivity contribution is 14.1. The number of hydrogen-bond acceptors (Lipinski definition) is 1. The van der Waals surface area contributed by atoms with E-state index >= 15 is 0 Å². The molecular formula is C10H9IO. The molecule has 0 heterocycles. The van der Waals surface area contributed by atoms with Gasteiger partial charge in [0.05, 0.1) is 0 Å². The zero-order chi connectivity index (χ0) is 8.97. The minimum Gasteiger partial charge on any atom is -0.295 e. The van der Waals surface area contributed by atoms with E-state index in [1.54, 1.807) is 13.0 Å². The minimum atomic E-state index is 0.0863. The van der Waals surface area contributed by atoms with Crippen molar-refractivity contribution in [2.45, 2.75) is 6.92 Å². The van der Waals surface area contributed by atoms with Gasteiger partial charge >= 0.3 is 0 Å². The Balaban J connectivity index is 2.93. The van der Waals surface area contributed by atoms with Crippen LogP contribution in [0.25, 0.3) is 3.58 Å². The smallest absolute Gasteiger partial charge is 0.153 e. The predicted octanol–water partition coefficient (Wildman–Crippen LogP) is 3.05. The summed E-state index contributed by atoms with van der Waals surface area (Å²) in [6.07, 6.45) is 1.63. The molecule has 1 nitrogen and oxygen atoms in total. The van der Waals surface area contributed by atoms with Crippen molar-refractivity contribution < 1.29 is 4.79 Å². The molecule has 0 atom stereocenters. The number of carbonyl (C=O) groups excluding carboxylic acids is 1. The minimum absolute atomic E-state index is 0.0863. The van der Waals surface area contributed by atoms with E-state index in [0.29, 0.717) is 0 Å². The van der Waals surface area contributed by atoms with Crippen LogP contribution < -0.4 is 0 Å². The molecule has 0 unspecified atom stereocenters. The fourth-order valence-corrected chi connectivity index (χ4v) is 1.66. The van der Waals surface area contributed by atoms with Gasteiger partial charge in [0.25, 0.3) is 0 Å². The normalized spacial score (nSPS) is 11.3. The molecule has 0 aromatic heterocycles. The summed E-state index contributed by atoms with van der Waals surface area (Å²) >= 11 is 2.16. The molecule has 0 saturated heterocycles. The van der Waals surface area contributed by atoms with Crippen LogP contribution in [0.5, 0.6) is 0 Å². The van der Waals surface area contributed by atoms with E-state index in [-0.39, 0.29) is 5.78 Å². The SMILES string of the molecule is CC(=O)/C=C(\I)c1ccccc1. The van der Waals surface area contributed by atoms with Gasteiger partial charge in [0.2, 0.25) is 0 Å². The third kappa shape index (κ3) is 2.77. The van der Waals surface area contributed by atoms with Gasteiger partial charge in [-0.25, -0.2) is 0 Å². The Labute approximate surface area is 85.6 Å². The molecule has 0 radical (unpaired) electrons. The zero-order valence-electron chi connectivity index (χ0n) is 6.75. The Kier molecular flexibility index (Phi) is 3.47. The standard InChI is InChI=1S/C10H9IO/c1-8(12)7-10(11)9-5-3-2-4-6-9/h2-7H,1H3/b10-7-. The third-order valence-electron chi connectivity index (χ3n) is 1.38. The highest BCUT2D eigenvalue weighted by Crippen LogP contribution is 2.20. The Morgan fingerprint density at radius 1 is 1.33 bits per heavy atom. The average molecular weight is 272 g/mol. The molecule has 1 rings (SSSR count). The third-order valence-corrected chi connectivity index (χ3v) is 2.31. The van der Waals surface area contributed by atoms with Crippen LogP contribution in [0.15, 0.2) is 36.4 Å². The topological polar surface area (TPSA) is 17.1 Å². The Morgan fingerprint density at radius 2 is 1.92 bits per heavy atom. The Morgan fingerprint density at radius 3 is 2.42 bits per heavy atom. The first-order valence-corrected chi connectivity index (χ1v) is 4.71. The van der Waals surface area contributed by atoms with Gasteiger partial charge in [-0.2, -0.15) is 0 Å². The number of halogens is 1. The van der Waals surface area contributed by atoms with Gasteiger partial charge in [-0.15, -0.1) is 0 Å². The largest absolute Gasteiger partial charge is 0.295 e. The number of carbonyl (C=O) groups is 1. The Hall–Kier alpha value is -0.640. The second-order valence-corrected chi connectivity index (χ2v) is 3.63. The maximum atomic E-state index is 10.7. The summed E-state index contributed by atoms with van der Waals surface area (Å²) in [6, 6.07) is 9.85. The summed E-state index contributed by atoms with van der Waals surface area (Å²) in [5.41, 5.74) is 1.09. The first kappa shape index (κ1) is 9.45. The fraction of sp³-hybridized carbons (Fsp3) is 0.100. The molecule has 2 heteroatoms. The van der Waals surface area contributed by atoms with Crippen LogP contribution >= 0.6 is 22.6 Å². The number of allylic oxidation sites excluding steroid dienone is 1. The molecule has 0 aliphatic heterocycles. The van der Waals surface area contributed by atoms with Crippen molar-refractivity contribution in [3.05, 3.63) is 42.0 Å². The summed E-state index contributed by atoms with van der Waals surface area (Å²) in [5.74, 6) is 0.0863. The van der Waals surface area contributed by atoms with E-state index in [4.69, 9.17) is 0 Å². The van der Waals surface area contributed by atoms with E-state index in [0.717, 1.165) is 9.14 Å². The van der Waals surface area contributed by atoms with E-state index < -0.39 is 0 Å². The lowest BCUT2D eigenvalue weighted by Gasteiger charge is -1.96. The lowest BCUT2D eigenvalue weighted by Crippen LogP contribution is -1.83. The lowest BCUT2D eigenvalue weighted by molar-refractivity contribution is -0.112. The molecule has 12 heavy (non-hydrogen) atoms. The molecule has 0 aliphatic rings. The first-order valence-electron chi connectivity index (χ1n) is 3.63. The van der Waals surface area contributed by atoms with Crippen molar-refractivity contribution in [1.82, 2.24) is 0 Å². The monoisotopic (exact) mass is 272 g/mol. The van der Waals surface area contributed by atoms with Crippen molar-refractivity contribution in [3.63, 3.8) is 0 Å². The van der Waals surface area contributed by atoms with Crippen LogP contribution in [-0.2, 0) is 4.79 Å². The van der Waals surface area contributed by atoms with Crippen LogP contribution in [0.3, 0.4) is 0 Å². The second kappa shape index (κ2) is 4.40. The lowest BCUT2D eigenvalue weighted by atomic mass is 10.2. The van der Waals surface area contributed by atoms with Crippen molar-refractivity contribution in [3.8, 4) is 0 Å². The predicted molar refractivity (Wildman–Crippen MR) is 59.1 cm³/mol. The number of rotatable bonds is 2. The van der Waals surface area contributed by atoms with Gasteiger partial charge in [0.15, 0.2) is 5.78 Å². The average Bonchev–Trinajstić information content (AvgIpc) is 2.05. The molecule has 0 spiro atoms. The van der Waals surface area contributed by atoms with Crippen LogP contribution in [0.1, 0.15) is 12.5 Å². The van der Waals surface area contributed by atoms with Crippen molar-refractivity contribution in [1.29, 1.82) is 0 Å². The number of hydrogen-bond donors (Lipinski definition) is 0. The molecule has 0 bridgehead atoms. The fourth-order valence-electron chi connectivity index (χ4n) is 0.859. The molecule has 1 aromatic carbocycles. The molecule has 62 valence electrons. The van der Waals surface area contributed by atoms with E-state index in [1.165, 1.54) is 0 Å². The molecule has 0 saturated carbocycles. The molecule has 0 amide bonds. The molecule has 0 N–H and O–H groups in total. The molecule has 0 fully saturated rings. The maximum absolute atomic E-state index is 10.7. The first-order chi connectivity index (χ1) is 5.70. The van der Waals surface area contributed by atoms with Crippen LogP contribution in [0.2, 0.25) is 0 Å². The second-order valence-electron chi connectivity index (χ2n) is 2.47. The highest BCUT2D eigenvalue weighted by atomic mass is 127. The van der Waals surface area contributed by atoms with E-state index in [1.807, 2.05) is 30.3 Å². The van der Waals surface area contributed by atoms with Gasteiger partial charge in [0, 0.05) is 3.58 Å². The molecule has 1 aromatic rings. The summed E-state index contributed by atoms with van der Waals surface area (Å²) in [4.78, 5) is 10.7. The van der Waals surface area contributed by atoms with E-state index in [9.17, 15) is 4.79 Å². The van der Waals surface area contributed by atoms with Crippen molar-refractivity contribution in [2.75, 3.05) is 0 Å². The van der Waals surface area contributed by atoms with Crippen LogP contribution in [-0.4, -0.2) is 5.78 Å². The molecular weight excluding hydrogens is 263 g/mol. The summed E-state index contributed by atoms with van der Waals surface area (Å²) in [6.45, 7) is 1.56. The van der Waals surface area contributed by atoms with Crippen molar-refractivity contribution in [2.24, 2.45) is 0 Å². The molecule has 0 aliphatic carbocycles. The summed E-state index contributed by atoms with van der Waals surface area (Å²) in [7, 11) is 0. The van der Waals surface area contributed by atoms with Gasteiger partial charge in [0.1, 0.15) is 0 Å². The van der Waals surface area contributed by atoms with Gasteiger partial charge in [-0.05, 0) is 41.2 Å². The summed E-state index contributed by atoms with van der Waals surface area (Å²) in [5, 5.41) is 0. The van der Waals surface area contributed by atoms with Crippen molar-refractivity contribution >= 4 is 32.0 Å². The summed E-state index contributed by atoms with van der Waals surface area (Å²) < 4.78 is 0.987. The Bertz CT molecular complexity index is 301. The highest BCUT2D eigenvalue weighted by Gasteiger charge is 1.96. The van der Waals surface area contributed by atoms with Gasteiger partial charge < -0.3 is 0 Å². The van der Waals surface area contributed by atoms with Crippen LogP contribution in [0, 0.1) is 0 Å².